The van der Waals surface area contributed by atoms with E-state index < -0.39 is 0 Å². The molecule has 0 N–H and O–H groups in total. The van der Waals surface area contributed by atoms with Gasteiger partial charge in [-0.3, -0.25) is 0 Å². The van der Waals surface area contributed by atoms with Crippen molar-refractivity contribution in [3.05, 3.63) is 12.8 Å². The van der Waals surface area contributed by atoms with E-state index >= 15 is 0 Å². The maximum Gasteiger partial charge on any atom is 0.0879 e. The van der Waals surface area contributed by atoms with E-state index in [-0.39, 0.29) is 6.61 Å². The van der Waals surface area contributed by atoms with Crippen molar-refractivity contribution >= 4 is 0 Å². The van der Waals surface area contributed by atoms with Crippen LogP contribution in [0.15, 0.2) is 12.8 Å². The van der Waals surface area contributed by atoms with Gasteiger partial charge in [-0.15, -0.1) is 6.61 Å². The van der Waals surface area contributed by atoms with Crippen LogP contribution < -0.4 is 5.11 Å². The SMILES string of the molecule is C=C[N+](C)(C)C.CC[O-]. The molecule has 0 rings (SSSR count). The molecule has 0 aromatic rings. The van der Waals surface area contributed by atoms with E-state index in [1.54, 1.807) is 6.92 Å². The van der Waals surface area contributed by atoms with E-state index in [1.807, 2.05) is 6.20 Å². The van der Waals surface area contributed by atoms with Crippen molar-refractivity contribution in [1.29, 1.82) is 0 Å². The standard InChI is InChI=1S/C5H12N.C2H5O/c1-5-6(2,3)4;1-2-3/h5H,1H2,2-4H3;2H2,1H3/q+1;-1. The summed E-state index contributed by atoms with van der Waals surface area (Å²) in [5.41, 5.74) is 0. The molecule has 56 valence electrons. The van der Waals surface area contributed by atoms with Crippen molar-refractivity contribution in [3.8, 4) is 0 Å². The van der Waals surface area contributed by atoms with Gasteiger partial charge in [0.15, 0.2) is 0 Å². The fourth-order valence-electron chi connectivity index (χ4n) is 0. The minimum Gasteiger partial charge on any atom is -0.855 e. The van der Waals surface area contributed by atoms with Gasteiger partial charge in [-0.2, -0.15) is 0 Å². The minimum absolute atomic E-state index is 0. The first-order valence-corrected chi connectivity index (χ1v) is 3.00. The Kier molecular flexibility index (Phi) is 7.37. The quantitative estimate of drug-likeness (QED) is 0.466. The number of hydrogen-bond donors (Lipinski definition) is 0. The second kappa shape index (κ2) is 5.79. The van der Waals surface area contributed by atoms with Crippen LogP contribution in [0, 0.1) is 0 Å². The van der Waals surface area contributed by atoms with E-state index in [0.29, 0.717) is 0 Å². The predicted octanol–water partition coefficient (Wildman–Crippen LogP) is 0.203. The maximum atomic E-state index is 8.93. The normalized spacial score (nSPS) is 9.44. The summed E-state index contributed by atoms with van der Waals surface area (Å²) in [5, 5.41) is 8.93. The molecule has 2 nitrogen and oxygen atoms in total. The molecule has 0 aromatic carbocycles. The van der Waals surface area contributed by atoms with Gasteiger partial charge in [0.05, 0.1) is 27.3 Å². The zero-order valence-corrected chi connectivity index (χ0v) is 6.85. The fraction of sp³-hybridized carbons (Fsp3) is 0.714. The Bertz CT molecular complexity index is 63.8. The van der Waals surface area contributed by atoms with Crippen LogP contribution in [0.25, 0.3) is 0 Å². The van der Waals surface area contributed by atoms with Gasteiger partial charge in [-0.25, -0.2) is 0 Å². The van der Waals surface area contributed by atoms with E-state index in [0.717, 1.165) is 4.48 Å². The Labute approximate surface area is 58.0 Å². The van der Waals surface area contributed by atoms with Crippen molar-refractivity contribution in [3.63, 3.8) is 0 Å². The van der Waals surface area contributed by atoms with Crippen LogP contribution >= 0.6 is 0 Å². The third-order valence-electron chi connectivity index (χ3n) is 0.548. The van der Waals surface area contributed by atoms with Crippen LogP contribution in [-0.4, -0.2) is 32.2 Å². The average molecular weight is 131 g/mol. The molecule has 0 spiro atoms. The molecular formula is C7H17NO. The van der Waals surface area contributed by atoms with Crippen LogP contribution in [0.4, 0.5) is 0 Å². The highest BCUT2D eigenvalue weighted by Gasteiger charge is 1.94. The lowest BCUT2D eigenvalue weighted by Crippen LogP contribution is -2.25. The summed E-state index contributed by atoms with van der Waals surface area (Å²) in [6.07, 6.45) is 1.88. The van der Waals surface area contributed by atoms with Gasteiger partial charge < -0.3 is 9.59 Å². The number of rotatable bonds is 1. The highest BCUT2D eigenvalue weighted by Crippen LogP contribution is 1.85. The molecule has 0 unspecified atom stereocenters. The second-order valence-electron chi connectivity index (χ2n) is 2.59. The van der Waals surface area contributed by atoms with Gasteiger partial charge in [0.2, 0.25) is 0 Å². The molecule has 0 fully saturated rings. The van der Waals surface area contributed by atoms with Crippen LogP contribution in [-0.2, 0) is 0 Å². The average Bonchev–Trinajstić information content (AvgIpc) is 1.67. The number of nitrogens with zero attached hydrogens (tertiary/aromatic N) is 1. The molecule has 0 saturated carbocycles. The molecular weight excluding hydrogens is 114 g/mol. The van der Waals surface area contributed by atoms with Crippen LogP contribution in [0.5, 0.6) is 0 Å². The molecule has 2 heteroatoms. The van der Waals surface area contributed by atoms with Crippen LogP contribution in [0.1, 0.15) is 6.92 Å². The van der Waals surface area contributed by atoms with E-state index in [4.69, 9.17) is 5.11 Å². The third kappa shape index (κ3) is 34.7. The third-order valence-corrected chi connectivity index (χ3v) is 0.548. The van der Waals surface area contributed by atoms with Crippen molar-refractivity contribution < 1.29 is 9.59 Å². The molecule has 0 aromatic heterocycles. The lowest BCUT2D eigenvalue weighted by Gasteiger charge is -2.15. The molecule has 0 radical (unpaired) electrons. The highest BCUT2D eigenvalue weighted by molar-refractivity contribution is 4.46. The summed E-state index contributed by atoms with van der Waals surface area (Å²) < 4.78 is 0.833. The van der Waals surface area contributed by atoms with Gasteiger partial charge in [-0.05, 0) is 6.58 Å². The minimum atomic E-state index is 0. The van der Waals surface area contributed by atoms with Gasteiger partial charge >= 0.3 is 0 Å². The molecule has 0 saturated heterocycles. The van der Waals surface area contributed by atoms with Crippen LogP contribution in [0.2, 0.25) is 0 Å². The first-order chi connectivity index (χ1) is 3.97. The summed E-state index contributed by atoms with van der Waals surface area (Å²) >= 11 is 0. The molecule has 0 aliphatic heterocycles. The summed E-state index contributed by atoms with van der Waals surface area (Å²) in [7, 11) is 6.19. The van der Waals surface area contributed by atoms with E-state index in [1.165, 1.54) is 0 Å². The zero-order chi connectivity index (χ0) is 7.91. The Hall–Kier alpha value is -0.340. The lowest BCUT2D eigenvalue weighted by atomic mass is 10.7. The summed E-state index contributed by atoms with van der Waals surface area (Å²) in [6.45, 7) is 5.17. The Morgan fingerprint density at radius 3 is 1.56 bits per heavy atom. The van der Waals surface area contributed by atoms with Crippen molar-refractivity contribution in [2.45, 2.75) is 6.92 Å². The molecule has 0 heterocycles. The Morgan fingerprint density at radius 2 is 1.56 bits per heavy atom. The smallest absolute Gasteiger partial charge is 0.0879 e. The van der Waals surface area contributed by atoms with Crippen LogP contribution in [0.3, 0.4) is 0 Å². The predicted molar refractivity (Wildman–Crippen MR) is 38.8 cm³/mol. The summed E-state index contributed by atoms with van der Waals surface area (Å²) in [4.78, 5) is 0. The van der Waals surface area contributed by atoms with E-state index in [2.05, 4.69) is 27.7 Å². The molecule has 0 bridgehead atoms. The molecule has 0 aliphatic rings. The first-order valence-electron chi connectivity index (χ1n) is 3.00. The monoisotopic (exact) mass is 131 g/mol. The molecule has 0 amide bonds. The van der Waals surface area contributed by atoms with E-state index in [9.17, 15) is 0 Å². The number of hydrogen-bond acceptors (Lipinski definition) is 1. The van der Waals surface area contributed by atoms with Crippen molar-refractivity contribution in [2.24, 2.45) is 0 Å². The molecule has 9 heavy (non-hydrogen) atoms. The lowest BCUT2D eigenvalue weighted by molar-refractivity contribution is -0.816. The van der Waals surface area contributed by atoms with Gasteiger partial charge in [0.25, 0.3) is 0 Å². The number of quaternary nitrogens is 1. The fourth-order valence-corrected chi connectivity index (χ4v) is 0. The van der Waals surface area contributed by atoms with Gasteiger partial charge in [0.1, 0.15) is 0 Å². The highest BCUT2D eigenvalue weighted by atomic mass is 16.2. The first kappa shape index (κ1) is 11.5. The van der Waals surface area contributed by atoms with Gasteiger partial charge in [0, 0.05) is 0 Å². The maximum absolute atomic E-state index is 8.93. The zero-order valence-electron chi connectivity index (χ0n) is 6.85. The molecule has 0 aliphatic carbocycles. The van der Waals surface area contributed by atoms with Gasteiger partial charge in [-0.1, -0.05) is 6.92 Å². The topological polar surface area (TPSA) is 23.1 Å². The Balaban J connectivity index is 0. The molecule has 0 atom stereocenters. The summed E-state index contributed by atoms with van der Waals surface area (Å²) in [6, 6.07) is 0. The Morgan fingerprint density at radius 1 is 1.44 bits per heavy atom. The summed E-state index contributed by atoms with van der Waals surface area (Å²) in [5.74, 6) is 0. The van der Waals surface area contributed by atoms with Crippen molar-refractivity contribution in [1.82, 2.24) is 0 Å². The van der Waals surface area contributed by atoms with Crippen molar-refractivity contribution in [2.75, 3.05) is 27.7 Å². The largest absolute Gasteiger partial charge is 0.855 e. The second-order valence-corrected chi connectivity index (χ2v) is 2.59.